The van der Waals surface area contributed by atoms with E-state index >= 15 is 0 Å². The second-order valence-electron chi connectivity index (χ2n) is 13.4. The molecule has 3 aliphatic rings. The minimum Gasteiger partial charge on any atom is -0.451 e. The summed E-state index contributed by atoms with van der Waals surface area (Å²) in [7, 11) is 0. The van der Waals surface area contributed by atoms with Gasteiger partial charge in [-0.3, -0.25) is 9.59 Å². The molecule has 3 heterocycles. The molecule has 0 radical (unpaired) electrons. The molecule has 2 saturated heterocycles. The number of benzene rings is 1. The number of halogens is 1. The summed E-state index contributed by atoms with van der Waals surface area (Å²) in [5, 5.41) is 3.08. The van der Waals surface area contributed by atoms with E-state index in [4.69, 9.17) is 4.74 Å². The number of piperidine rings is 1. The lowest BCUT2D eigenvalue weighted by atomic mass is 9.71. The van der Waals surface area contributed by atoms with Crippen LogP contribution in [-0.4, -0.2) is 82.4 Å². The van der Waals surface area contributed by atoms with Crippen LogP contribution in [0.15, 0.2) is 30.7 Å². The van der Waals surface area contributed by atoms with E-state index in [1.165, 1.54) is 37.4 Å². The Bertz CT molecular complexity index is 1270. The van der Waals surface area contributed by atoms with Crippen LogP contribution in [0.3, 0.4) is 0 Å². The second kappa shape index (κ2) is 13.2. The minimum absolute atomic E-state index is 0.0482. The fraction of sp³-hybridized carbons (Fsp3) is 0.636. The Balaban J connectivity index is 1.19. The van der Waals surface area contributed by atoms with Crippen LogP contribution in [-0.2, 0) is 4.79 Å². The molecule has 1 spiro atoms. The first kappa shape index (κ1) is 31.2. The van der Waals surface area contributed by atoms with Crippen molar-refractivity contribution in [3.05, 3.63) is 42.1 Å². The Morgan fingerprint density at radius 1 is 1.07 bits per heavy atom. The molecule has 2 aliphatic heterocycles. The highest BCUT2D eigenvalue weighted by Crippen LogP contribution is 2.45. The zero-order valence-electron chi connectivity index (χ0n) is 26.3. The lowest BCUT2D eigenvalue weighted by molar-refractivity contribution is -0.119. The quantitative estimate of drug-likeness (QED) is 0.423. The number of ether oxygens (including phenoxy) is 1. The number of carbonyl (C=O) groups excluding carboxylic acids is 2. The topological polar surface area (TPSA) is 90.9 Å². The van der Waals surface area contributed by atoms with Gasteiger partial charge in [0.25, 0.3) is 5.91 Å². The summed E-state index contributed by atoms with van der Waals surface area (Å²) in [6.07, 6.45) is 9.99. The van der Waals surface area contributed by atoms with E-state index in [0.717, 1.165) is 58.4 Å². The van der Waals surface area contributed by atoms with Crippen molar-refractivity contribution in [1.82, 2.24) is 25.1 Å². The third-order valence-corrected chi connectivity index (χ3v) is 9.44. The Kier molecular flexibility index (Phi) is 9.54. The van der Waals surface area contributed by atoms with Gasteiger partial charge in [-0.05, 0) is 103 Å². The molecule has 2 amide bonds. The Labute approximate surface area is 255 Å². The molecule has 3 fully saturated rings. The molecule has 1 saturated carbocycles. The number of hydrogen-bond acceptors (Lipinski definition) is 7. The molecule has 1 N–H and O–H groups in total. The third kappa shape index (κ3) is 7.28. The average Bonchev–Trinajstić information content (AvgIpc) is 2.94. The Morgan fingerprint density at radius 2 is 1.74 bits per heavy atom. The van der Waals surface area contributed by atoms with E-state index in [1.54, 1.807) is 18.0 Å². The van der Waals surface area contributed by atoms with Crippen LogP contribution in [0.4, 0.5) is 10.2 Å². The van der Waals surface area contributed by atoms with Crippen molar-refractivity contribution in [2.75, 3.05) is 37.6 Å². The number of amides is 2. The van der Waals surface area contributed by atoms with Crippen LogP contribution in [0.2, 0.25) is 0 Å². The van der Waals surface area contributed by atoms with E-state index in [0.29, 0.717) is 29.3 Å². The van der Waals surface area contributed by atoms with Crippen LogP contribution in [0, 0.1) is 17.2 Å². The standard InChI is InChI=1S/C33H47FN6O3/c1-22(2)40(23(3)4)32(42)28-16-26(34)8-11-29(28)43-30-17-35-21-36-31(30)39-19-33(20-39)12-14-38(15-13-33)18-25-6-9-27(10-7-25)37-24(5)41/h8,11,16-17,21-23,25,27H,6-7,9-10,12-15,18-20H2,1-5H3,(H,37,41). The lowest BCUT2D eigenvalue weighted by Gasteiger charge is -2.54. The van der Waals surface area contributed by atoms with Crippen LogP contribution in [0.5, 0.6) is 11.5 Å². The van der Waals surface area contributed by atoms with Crippen LogP contribution < -0.4 is 15.0 Å². The average molecular weight is 595 g/mol. The smallest absolute Gasteiger partial charge is 0.258 e. The highest BCUT2D eigenvalue weighted by atomic mass is 19.1. The van der Waals surface area contributed by atoms with E-state index < -0.39 is 5.82 Å². The molecule has 2 aromatic rings. The van der Waals surface area contributed by atoms with Gasteiger partial charge in [-0.25, -0.2) is 14.4 Å². The number of anilines is 1. The highest BCUT2D eigenvalue weighted by Gasteiger charge is 2.46. The molecule has 43 heavy (non-hydrogen) atoms. The minimum atomic E-state index is -0.485. The van der Waals surface area contributed by atoms with E-state index in [9.17, 15) is 14.0 Å². The molecule has 234 valence electrons. The summed E-state index contributed by atoms with van der Waals surface area (Å²) in [5.41, 5.74) is 0.460. The lowest BCUT2D eigenvalue weighted by Crippen LogP contribution is -2.61. The maximum absolute atomic E-state index is 14.3. The van der Waals surface area contributed by atoms with Gasteiger partial charge in [-0.15, -0.1) is 0 Å². The largest absolute Gasteiger partial charge is 0.451 e. The first-order chi connectivity index (χ1) is 20.5. The van der Waals surface area contributed by atoms with Gasteiger partial charge in [0.2, 0.25) is 5.91 Å². The second-order valence-corrected chi connectivity index (χ2v) is 13.4. The molecule has 10 heteroatoms. The zero-order chi connectivity index (χ0) is 30.7. The summed E-state index contributed by atoms with van der Waals surface area (Å²) in [6.45, 7) is 14.6. The molecule has 0 unspecified atom stereocenters. The van der Waals surface area contributed by atoms with E-state index in [-0.39, 0.29) is 34.9 Å². The van der Waals surface area contributed by atoms with E-state index in [2.05, 4.69) is 25.1 Å². The first-order valence-corrected chi connectivity index (χ1v) is 15.9. The summed E-state index contributed by atoms with van der Waals surface area (Å²) >= 11 is 0. The van der Waals surface area contributed by atoms with Crippen molar-refractivity contribution in [3.63, 3.8) is 0 Å². The SMILES string of the molecule is CC(=O)NC1CCC(CN2CCC3(CC2)CN(c2ncncc2Oc2ccc(F)cc2C(=O)N(C(C)C)C(C)C)C3)CC1. The van der Waals surface area contributed by atoms with Crippen molar-refractivity contribution in [3.8, 4) is 11.5 Å². The van der Waals surface area contributed by atoms with Gasteiger partial charge in [0.15, 0.2) is 11.6 Å². The molecule has 5 rings (SSSR count). The molecular weight excluding hydrogens is 547 g/mol. The van der Waals surface area contributed by atoms with Crippen LogP contribution >= 0.6 is 0 Å². The van der Waals surface area contributed by atoms with Gasteiger partial charge in [0.1, 0.15) is 17.9 Å². The van der Waals surface area contributed by atoms with E-state index in [1.807, 2.05) is 27.7 Å². The molecule has 1 aromatic heterocycles. The monoisotopic (exact) mass is 594 g/mol. The van der Waals surface area contributed by atoms with Crippen LogP contribution in [0.1, 0.15) is 83.5 Å². The van der Waals surface area contributed by atoms with Gasteiger partial charge < -0.3 is 24.8 Å². The summed E-state index contributed by atoms with van der Waals surface area (Å²) < 4.78 is 20.6. The number of likely N-dealkylation sites (tertiary alicyclic amines) is 1. The van der Waals surface area contributed by atoms with Gasteiger partial charge >= 0.3 is 0 Å². The maximum atomic E-state index is 14.3. The highest BCUT2D eigenvalue weighted by molar-refractivity contribution is 5.97. The molecule has 0 bridgehead atoms. The number of hydrogen-bond donors (Lipinski definition) is 1. The van der Waals surface area contributed by atoms with Gasteiger partial charge in [0, 0.05) is 50.1 Å². The number of nitrogens with one attached hydrogen (secondary N) is 1. The molecular formula is C33H47FN6O3. The molecule has 1 aliphatic carbocycles. The fourth-order valence-electron chi connectivity index (χ4n) is 7.28. The molecule has 1 aromatic carbocycles. The number of rotatable bonds is 9. The molecule has 0 atom stereocenters. The Morgan fingerprint density at radius 3 is 2.37 bits per heavy atom. The Hall–Kier alpha value is -3.27. The normalized spacial score (nSPS) is 22.0. The predicted octanol–water partition coefficient (Wildman–Crippen LogP) is 5.26. The van der Waals surface area contributed by atoms with Gasteiger partial charge in [-0.1, -0.05) is 0 Å². The van der Waals surface area contributed by atoms with Crippen molar-refractivity contribution in [2.45, 2.75) is 91.3 Å². The number of aromatic nitrogens is 2. The molecule has 9 nitrogen and oxygen atoms in total. The first-order valence-electron chi connectivity index (χ1n) is 15.9. The maximum Gasteiger partial charge on any atom is 0.258 e. The zero-order valence-corrected chi connectivity index (χ0v) is 26.3. The summed E-state index contributed by atoms with van der Waals surface area (Å²) in [6, 6.07) is 4.32. The predicted molar refractivity (Wildman–Crippen MR) is 165 cm³/mol. The van der Waals surface area contributed by atoms with Crippen molar-refractivity contribution in [1.29, 1.82) is 0 Å². The van der Waals surface area contributed by atoms with Crippen molar-refractivity contribution < 1.29 is 18.7 Å². The number of carbonyl (C=O) groups is 2. The summed E-state index contributed by atoms with van der Waals surface area (Å²) in [5.74, 6) is 1.50. The van der Waals surface area contributed by atoms with Crippen molar-refractivity contribution in [2.24, 2.45) is 11.3 Å². The van der Waals surface area contributed by atoms with Crippen LogP contribution in [0.25, 0.3) is 0 Å². The van der Waals surface area contributed by atoms with Gasteiger partial charge in [0.05, 0.1) is 11.8 Å². The summed E-state index contributed by atoms with van der Waals surface area (Å²) in [4.78, 5) is 40.2. The van der Waals surface area contributed by atoms with Gasteiger partial charge in [-0.2, -0.15) is 0 Å². The third-order valence-electron chi connectivity index (χ3n) is 9.44. The van der Waals surface area contributed by atoms with Crippen molar-refractivity contribution >= 4 is 17.6 Å². The fourth-order valence-corrected chi connectivity index (χ4v) is 7.28. The number of nitrogens with zero attached hydrogens (tertiary/aromatic N) is 5.